The summed E-state index contributed by atoms with van der Waals surface area (Å²) in [5.74, 6) is -1.22. The molecule has 0 aromatic carbocycles. The molecule has 0 aliphatic carbocycles. The van der Waals surface area contributed by atoms with Crippen LogP contribution in [0.4, 0.5) is 0 Å². The summed E-state index contributed by atoms with van der Waals surface area (Å²) < 4.78 is 5.94. The molecule has 1 aliphatic rings. The normalized spacial score (nSPS) is 27.1. The van der Waals surface area contributed by atoms with Crippen LogP contribution in [0.25, 0.3) is 0 Å². The van der Waals surface area contributed by atoms with Crippen molar-refractivity contribution in [2.75, 3.05) is 0 Å². The van der Waals surface area contributed by atoms with Crippen molar-refractivity contribution in [1.29, 1.82) is 0 Å². The number of hydrogen-bond donors (Lipinski definition) is 4. The first kappa shape index (κ1) is 34.0. The molecule has 0 amide bonds. The van der Waals surface area contributed by atoms with E-state index in [1.807, 2.05) is 57.2 Å². The Bertz CT molecular complexity index is 852. The van der Waals surface area contributed by atoms with Crippen molar-refractivity contribution < 1.29 is 30.0 Å². The lowest BCUT2D eigenvalue weighted by molar-refractivity contribution is -0.146. The van der Waals surface area contributed by atoms with Gasteiger partial charge < -0.3 is 25.2 Å². The molecule has 5 unspecified atom stereocenters. The van der Waals surface area contributed by atoms with Gasteiger partial charge in [0, 0.05) is 29.7 Å². The maximum atomic E-state index is 13.0. The number of cyclic esters (lactones) is 1. The topological polar surface area (TPSA) is 107 Å². The molecule has 0 aromatic heterocycles. The minimum absolute atomic E-state index is 0.0175. The summed E-state index contributed by atoms with van der Waals surface area (Å²) in [7, 11) is 0. The van der Waals surface area contributed by atoms with Crippen LogP contribution in [0.1, 0.15) is 80.6 Å². The van der Waals surface area contributed by atoms with E-state index >= 15 is 0 Å². The summed E-state index contributed by atoms with van der Waals surface area (Å²) in [6.07, 6.45) is 15.7. The lowest BCUT2D eigenvalue weighted by Crippen LogP contribution is -2.38. The maximum Gasteiger partial charge on any atom is 0.334 e. The SMILES string of the molecule is CC1=C[C@@H](C)[C@@H](O)C=CCCC=CC=CC[C@@H]([C@@H](C)CCC(O)C(C)C(O)C(C)C(C)O)OC(=O)C(C)=C1. The second-order valence-electron chi connectivity index (χ2n) is 11.2. The predicted octanol–water partition coefficient (Wildman–Crippen LogP) is 5.43. The van der Waals surface area contributed by atoms with E-state index < -0.39 is 24.4 Å². The number of ether oxygens (including phenoxy) is 1. The Labute approximate surface area is 230 Å². The Morgan fingerprint density at radius 1 is 0.947 bits per heavy atom. The molecule has 4 N–H and O–H groups in total. The average Bonchev–Trinajstić information content (AvgIpc) is 2.87. The minimum Gasteiger partial charge on any atom is -0.458 e. The van der Waals surface area contributed by atoms with E-state index in [0.29, 0.717) is 24.8 Å². The Hall–Kier alpha value is -1.99. The van der Waals surface area contributed by atoms with Gasteiger partial charge >= 0.3 is 5.97 Å². The molecule has 0 saturated carbocycles. The molecule has 0 radical (unpaired) electrons. The van der Waals surface area contributed by atoms with Crippen molar-refractivity contribution in [2.45, 2.75) is 111 Å². The van der Waals surface area contributed by atoms with Crippen LogP contribution in [0.2, 0.25) is 0 Å². The van der Waals surface area contributed by atoms with E-state index in [1.54, 1.807) is 33.8 Å². The molecule has 1 aliphatic heterocycles. The zero-order chi connectivity index (χ0) is 28.8. The van der Waals surface area contributed by atoms with Gasteiger partial charge in [-0.3, -0.25) is 0 Å². The zero-order valence-corrected chi connectivity index (χ0v) is 24.5. The van der Waals surface area contributed by atoms with Crippen molar-refractivity contribution in [3.63, 3.8) is 0 Å². The number of esters is 1. The second kappa shape index (κ2) is 17.6. The molecule has 38 heavy (non-hydrogen) atoms. The average molecular weight is 533 g/mol. The number of carbonyl (C=O) groups excluding carboxylic acids is 1. The highest BCUT2D eigenvalue weighted by Gasteiger charge is 2.30. The summed E-state index contributed by atoms with van der Waals surface area (Å²) in [6, 6.07) is 0. The van der Waals surface area contributed by atoms with Gasteiger partial charge in [0.15, 0.2) is 0 Å². The molecule has 9 atom stereocenters. The summed E-state index contributed by atoms with van der Waals surface area (Å²) in [5.41, 5.74) is 1.37. The predicted molar refractivity (Wildman–Crippen MR) is 154 cm³/mol. The third kappa shape index (κ3) is 12.2. The fraction of sp³-hybridized carbons (Fsp3) is 0.656. The quantitative estimate of drug-likeness (QED) is 0.245. The van der Waals surface area contributed by atoms with Gasteiger partial charge in [0.1, 0.15) is 6.10 Å². The first-order valence-electron chi connectivity index (χ1n) is 14.1. The number of hydrogen-bond acceptors (Lipinski definition) is 6. The molecule has 0 fully saturated rings. The molecule has 0 saturated heterocycles. The molecular formula is C32H52O6. The molecule has 6 nitrogen and oxygen atoms in total. The van der Waals surface area contributed by atoms with Crippen LogP contribution in [-0.2, 0) is 9.53 Å². The van der Waals surface area contributed by atoms with E-state index in [9.17, 15) is 25.2 Å². The first-order chi connectivity index (χ1) is 17.8. The van der Waals surface area contributed by atoms with E-state index in [4.69, 9.17) is 4.74 Å². The summed E-state index contributed by atoms with van der Waals surface area (Å²) in [5, 5.41) is 41.4. The smallest absolute Gasteiger partial charge is 0.334 e. The van der Waals surface area contributed by atoms with Crippen molar-refractivity contribution >= 4 is 5.97 Å². The van der Waals surface area contributed by atoms with Crippen LogP contribution in [0.3, 0.4) is 0 Å². The molecule has 6 heteroatoms. The molecule has 1 rings (SSSR count). The Morgan fingerprint density at radius 3 is 2.24 bits per heavy atom. The molecular weight excluding hydrogens is 480 g/mol. The third-order valence-electron chi connectivity index (χ3n) is 7.67. The molecule has 0 aromatic rings. The minimum atomic E-state index is -0.813. The first-order valence-corrected chi connectivity index (χ1v) is 14.1. The number of aliphatic hydroxyl groups is 4. The second-order valence-corrected chi connectivity index (χ2v) is 11.2. The van der Waals surface area contributed by atoms with Gasteiger partial charge in [-0.25, -0.2) is 4.79 Å². The van der Waals surface area contributed by atoms with Gasteiger partial charge in [0.2, 0.25) is 0 Å². The van der Waals surface area contributed by atoms with E-state index in [0.717, 1.165) is 18.4 Å². The molecule has 0 spiro atoms. The van der Waals surface area contributed by atoms with Crippen molar-refractivity contribution in [3.8, 4) is 0 Å². The standard InChI is InChI=1S/C32H52O6/c1-21-19-23(3)28(34)15-13-11-9-8-10-12-14-16-30(38-32(37)24(4)20-21)22(2)17-18-29(35)26(6)31(36)25(5)27(7)33/h8,10,12-15,19-20,22-23,25-31,33-36H,9,11,16-18H2,1-7H3/t22-,23+,25?,26?,27?,28-,29?,30-,31?/m0/s1. The van der Waals surface area contributed by atoms with E-state index in [2.05, 4.69) is 6.08 Å². The third-order valence-corrected chi connectivity index (χ3v) is 7.67. The highest BCUT2D eigenvalue weighted by molar-refractivity contribution is 5.88. The molecule has 0 bridgehead atoms. The van der Waals surface area contributed by atoms with Gasteiger partial charge in [-0.05, 0) is 58.4 Å². The lowest BCUT2D eigenvalue weighted by Gasteiger charge is -2.31. The van der Waals surface area contributed by atoms with Gasteiger partial charge in [-0.1, -0.05) is 75.8 Å². The Kier molecular flexibility index (Phi) is 15.7. The highest BCUT2D eigenvalue weighted by atomic mass is 16.5. The van der Waals surface area contributed by atoms with Gasteiger partial charge in [-0.2, -0.15) is 0 Å². The number of aliphatic hydroxyl groups excluding tert-OH is 4. The highest BCUT2D eigenvalue weighted by Crippen LogP contribution is 2.26. The largest absolute Gasteiger partial charge is 0.458 e. The number of carbonyl (C=O) groups is 1. The zero-order valence-electron chi connectivity index (χ0n) is 24.5. The van der Waals surface area contributed by atoms with Crippen LogP contribution in [-0.4, -0.2) is 56.9 Å². The fourth-order valence-corrected chi connectivity index (χ4v) is 4.53. The van der Waals surface area contributed by atoms with Gasteiger partial charge in [0.05, 0.1) is 24.4 Å². The van der Waals surface area contributed by atoms with Crippen molar-refractivity contribution in [1.82, 2.24) is 0 Å². The van der Waals surface area contributed by atoms with E-state index in [1.165, 1.54) is 0 Å². The molecule has 1 heterocycles. The van der Waals surface area contributed by atoms with E-state index in [-0.39, 0.29) is 35.7 Å². The van der Waals surface area contributed by atoms with Gasteiger partial charge in [-0.15, -0.1) is 0 Å². The number of allylic oxidation sites excluding steroid dienone is 6. The van der Waals surface area contributed by atoms with Crippen molar-refractivity contribution in [2.24, 2.45) is 23.7 Å². The number of rotatable bonds is 8. The van der Waals surface area contributed by atoms with Crippen molar-refractivity contribution in [3.05, 3.63) is 59.8 Å². The Balaban J connectivity index is 3.01. The molecule has 216 valence electrons. The van der Waals surface area contributed by atoms with Crippen LogP contribution < -0.4 is 0 Å². The monoisotopic (exact) mass is 532 g/mol. The Morgan fingerprint density at radius 2 is 1.58 bits per heavy atom. The summed E-state index contributed by atoms with van der Waals surface area (Å²) in [4.78, 5) is 13.0. The van der Waals surface area contributed by atoms with Crippen LogP contribution in [0.15, 0.2) is 59.8 Å². The summed E-state index contributed by atoms with van der Waals surface area (Å²) in [6.45, 7) is 12.8. The maximum absolute atomic E-state index is 13.0. The summed E-state index contributed by atoms with van der Waals surface area (Å²) >= 11 is 0. The van der Waals surface area contributed by atoms with Crippen LogP contribution in [0.5, 0.6) is 0 Å². The fourth-order valence-electron chi connectivity index (χ4n) is 4.53. The van der Waals surface area contributed by atoms with Crippen LogP contribution in [0, 0.1) is 23.7 Å². The van der Waals surface area contributed by atoms with Crippen LogP contribution >= 0.6 is 0 Å². The van der Waals surface area contributed by atoms with Gasteiger partial charge in [0.25, 0.3) is 0 Å². The lowest BCUT2D eigenvalue weighted by atomic mass is 9.84.